The molecular formula is C16H18N6OS. The molecule has 0 unspecified atom stereocenters. The number of rotatable bonds is 5. The number of nitriles is 1. The molecule has 2 aromatic rings. The van der Waals surface area contributed by atoms with Crippen molar-refractivity contribution in [1.82, 2.24) is 20.2 Å². The fourth-order valence-electron chi connectivity index (χ4n) is 2.84. The van der Waals surface area contributed by atoms with Crippen molar-refractivity contribution in [2.45, 2.75) is 43.3 Å². The molecule has 1 saturated carbocycles. The highest BCUT2D eigenvalue weighted by molar-refractivity contribution is 7.99. The summed E-state index contributed by atoms with van der Waals surface area (Å²) in [6.45, 7) is 0. The molecule has 1 aliphatic rings. The number of nitrogens with zero attached hydrogens (tertiary/aromatic N) is 5. The number of amides is 1. The Balaban J connectivity index is 1.59. The zero-order valence-electron chi connectivity index (χ0n) is 13.2. The number of para-hydroxylation sites is 1. The summed E-state index contributed by atoms with van der Waals surface area (Å²) in [5.74, 6) is 0.0215. The number of nitrogens with one attached hydrogen (secondary N) is 1. The molecular weight excluding hydrogens is 324 g/mol. The number of thioether (sulfide) groups is 1. The van der Waals surface area contributed by atoms with Crippen molar-refractivity contribution in [3.63, 3.8) is 0 Å². The summed E-state index contributed by atoms with van der Waals surface area (Å²) in [6.07, 6.45) is 5.82. The van der Waals surface area contributed by atoms with Gasteiger partial charge in [0.05, 0.1) is 23.0 Å². The fraction of sp³-hybridized carbons (Fsp3) is 0.438. The first-order chi connectivity index (χ1) is 11.8. The zero-order chi connectivity index (χ0) is 16.8. The van der Waals surface area contributed by atoms with E-state index in [1.54, 1.807) is 24.3 Å². The van der Waals surface area contributed by atoms with Gasteiger partial charge in [-0.15, -0.1) is 5.10 Å². The highest BCUT2D eigenvalue weighted by Crippen LogP contribution is 2.30. The second-order valence-corrected chi connectivity index (χ2v) is 6.63. The SMILES string of the molecule is N#Cc1ccccc1NC(=O)CSc1nnnn1C1CCCCC1. The number of carbonyl (C=O) groups is 1. The maximum absolute atomic E-state index is 12.1. The Labute approximate surface area is 144 Å². The van der Waals surface area contributed by atoms with Crippen LogP contribution in [0.3, 0.4) is 0 Å². The van der Waals surface area contributed by atoms with Gasteiger partial charge in [0.2, 0.25) is 11.1 Å². The Morgan fingerprint density at radius 2 is 2.12 bits per heavy atom. The average molecular weight is 342 g/mol. The van der Waals surface area contributed by atoms with Crippen LogP contribution in [-0.2, 0) is 4.79 Å². The number of hydrogen-bond donors (Lipinski definition) is 1. The van der Waals surface area contributed by atoms with E-state index in [2.05, 4.69) is 26.9 Å². The van der Waals surface area contributed by atoms with Gasteiger partial charge in [0.1, 0.15) is 6.07 Å². The molecule has 0 aliphatic heterocycles. The second kappa shape index (κ2) is 7.93. The van der Waals surface area contributed by atoms with E-state index >= 15 is 0 Å². The molecule has 0 radical (unpaired) electrons. The lowest BCUT2D eigenvalue weighted by molar-refractivity contribution is -0.113. The number of aromatic nitrogens is 4. The predicted molar refractivity (Wildman–Crippen MR) is 90.4 cm³/mol. The van der Waals surface area contributed by atoms with E-state index in [1.165, 1.54) is 31.0 Å². The Hall–Kier alpha value is -2.40. The summed E-state index contributed by atoms with van der Waals surface area (Å²) in [5.41, 5.74) is 0.973. The van der Waals surface area contributed by atoms with Gasteiger partial charge in [0.15, 0.2) is 0 Å². The third-order valence-electron chi connectivity index (χ3n) is 4.04. The van der Waals surface area contributed by atoms with Crippen LogP contribution in [-0.4, -0.2) is 31.9 Å². The number of anilines is 1. The van der Waals surface area contributed by atoms with E-state index in [-0.39, 0.29) is 11.7 Å². The molecule has 1 aliphatic carbocycles. The van der Waals surface area contributed by atoms with Crippen LogP contribution in [0.2, 0.25) is 0 Å². The van der Waals surface area contributed by atoms with Crippen LogP contribution in [0.25, 0.3) is 0 Å². The molecule has 1 fully saturated rings. The molecule has 7 nitrogen and oxygen atoms in total. The van der Waals surface area contributed by atoms with Crippen molar-refractivity contribution in [2.75, 3.05) is 11.1 Å². The average Bonchev–Trinajstić information content (AvgIpc) is 3.10. The minimum Gasteiger partial charge on any atom is -0.324 e. The van der Waals surface area contributed by atoms with Gasteiger partial charge >= 0.3 is 0 Å². The predicted octanol–water partition coefficient (Wildman–Crippen LogP) is 2.78. The standard InChI is InChI=1S/C16H18N6OS/c17-10-12-6-4-5-9-14(12)18-15(23)11-24-16-19-20-21-22(16)13-7-2-1-3-8-13/h4-6,9,13H,1-3,7-8,11H2,(H,18,23). The van der Waals surface area contributed by atoms with Crippen molar-refractivity contribution in [2.24, 2.45) is 0 Å². The topological polar surface area (TPSA) is 96.5 Å². The van der Waals surface area contributed by atoms with Crippen molar-refractivity contribution in [3.8, 4) is 6.07 Å². The first-order valence-electron chi connectivity index (χ1n) is 7.97. The van der Waals surface area contributed by atoms with Gasteiger partial charge in [-0.3, -0.25) is 4.79 Å². The van der Waals surface area contributed by atoms with E-state index < -0.39 is 0 Å². The molecule has 1 amide bonds. The Bertz CT molecular complexity index is 747. The van der Waals surface area contributed by atoms with Crippen LogP contribution in [0, 0.1) is 11.3 Å². The molecule has 1 aromatic carbocycles. The van der Waals surface area contributed by atoms with E-state index in [0.717, 1.165) is 12.8 Å². The van der Waals surface area contributed by atoms with Crippen LogP contribution in [0.4, 0.5) is 5.69 Å². The van der Waals surface area contributed by atoms with E-state index in [9.17, 15) is 4.79 Å². The van der Waals surface area contributed by atoms with Crippen LogP contribution in [0.1, 0.15) is 43.7 Å². The van der Waals surface area contributed by atoms with Crippen LogP contribution >= 0.6 is 11.8 Å². The molecule has 0 saturated heterocycles. The molecule has 24 heavy (non-hydrogen) atoms. The largest absolute Gasteiger partial charge is 0.324 e. The number of hydrogen-bond acceptors (Lipinski definition) is 6. The number of tetrazole rings is 1. The molecule has 0 atom stereocenters. The zero-order valence-corrected chi connectivity index (χ0v) is 14.0. The van der Waals surface area contributed by atoms with E-state index in [0.29, 0.717) is 22.4 Å². The first-order valence-corrected chi connectivity index (χ1v) is 8.96. The second-order valence-electron chi connectivity index (χ2n) is 5.69. The monoisotopic (exact) mass is 342 g/mol. The summed E-state index contributed by atoms with van der Waals surface area (Å²) >= 11 is 1.32. The first kappa shape index (κ1) is 16.5. The summed E-state index contributed by atoms with van der Waals surface area (Å²) < 4.78 is 1.85. The summed E-state index contributed by atoms with van der Waals surface area (Å²) in [5, 5.41) is 24.4. The number of carbonyl (C=O) groups excluding carboxylic acids is 1. The Morgan fingerprint density at radius 1 is 1.33 bits per heavy atom. The van der Waals surface area contributed by atoms with Gasteiger partial charge in [-0.2, -0.15) is 5.26 Å². The molecule has 0 spiro atoms. The van der Waals surface area contributed by atoms with Crippen LogP contribution in [0.5, 0.6) is 0 Å². The molecule has 3 rings (SSSR count). The van der Waals surface area contributed by atoms with Gasteiger partial charge in [-0.1, -0.05) is 43.2 Å². The lowest BCUT2D eigenvalue weighted by Crippen LogP contribution is -2.18. The van der Waals surface area contributed by atoms with E-state index in [1.807, 2.05) is 4.68 Å². The van der Waals surface area contributed by atoms with Gasteiger partial charge in [0.25, 0.3) is 0 Å². The third kappa shape index (κ3) is 3.92. The van der Waals surface area contributed by atoms with Crippen LogP contribution < -0.4 is 5.32 Å². The molecule has 0 bridgehead atoms. The third-order valence-corrected chi connectivity index (χ3v) is 4.97. The maximum atomic E-state index is 12.1. The lowest BCUT2D eigenvalue weighted by Gasteiger charge is -2.21. The van der Waals surface area contributed by atoms with Gasteiger partial charge in [0, 0.05) is 0 Å². The molecule has 1 heterocycles. The Morgan fingerprint density at radius 3 is 2.92 bits per heavy atom. The summed E-state index contributed by atoms with van der Waals surface area (Å²) in [4.78, 5) is 12.1. The smallest absolute Gasteiger partial charge is 0.234 e. The normalized spacial score (nSPS) is 15.0. The Kier molecular flexibility index (Phi) is 5.43. The van der Waals surface area contributed by atoms with Gasteiger partial charge < -0.3 is 5.32 Å². The van der Waals surface area contributed by atoms with Crippen molar-refractivity contribution >= 4 is 23.4 Å². The minimum absolute atomic E-state index is 0.180. The quantitative estimate of drug-likeness (QED) is 0.839. The molecule has 124 valence electrons. The highest BCUT2D eigenvalue weighted by Gasteiger charge is 2.20. The van der Waals surface area contributed by atoms with E-state index in [4.69, 9.17) is 5.26 Å². The fourth-order valence-corrected chi connectivity index (χ4v) is 3.59. The number of benzene rings is 1. The van der Waals surface area contributed by atoms with Crippen LogP contribution in [0.15, 0.2) is 29.4 Å². The minimum atomic E-state index is -0.180. The lowest BCUT2D eigenvalue weighted by atomic mass is 9.96. The molecule has 8 heteroatoms. The molecule has 1 N–H and O–H groups in total. The van der Waals surface area contributed by atoms with Gasteiger partial charge in [-0.25, -0.2) is 4.68 Å². The van der Waals surface area contributed by atoms with Gasteiger partial charge in [-0.05, 0) is 35.4 Å². The molecule has 1 aromatic heterocycles. The maximum Gasteiger partial charge on any atom is 0.234 e. The van der Waals surface area contributed by atoms with Crippen molar-refractivity contribution in [1.29, 1.82) is 5.26 Å². The van der Waals surface area contributed by atoms with Crippen molar-refractivity contribution < 1.29 is 4.79 Å². The summed E-state index contributed by atoms with van der Waals surface area (Å²) in [6, 6.07) is 9.34. The highest BCUT2D eigenvalue weighted by atomic mass is 32.2. The summed E-state index contributed by atoms with van der Waals surface area (Å²) in [7, 11) is 0. The van der Waals surface area contributed by atoms with Crippen molar-refractivity contribution in [3.05, 3.63) is 29.8 Å².